The van der Waals surface area contributed by atoms with Gasteiger partial charge in [0.05, 0.1) is 0 Å². The lowest BCUT2D eigenvalue weighted by atomic mass is 10.1. The maximum Gasteiger partial charge on any atom is 0.244 e. The second kappa shape index (κ2) is 9.46. The number of carbonyl (C=O) groups excluding carboxylic acids is 1. The van der Waals surface area contributed by atoms with Crippen LogP contribution in [-0.2, 0) is 11.3 Å². The van der Waals surface area contributed by atoms with Crippen molar-refractivity contribution in [3.63, 3.8) is 0 Å². The summed E-state index contributed by atoms with van der Waals surface area (Å²) >= 11 is 5.33. The van der Waals surface area contributed by atoms with E-state index >= 15 is 0 Å². The van der Waals surface area contributed by atoms with Gasteiger partial charge in [-0.25, -0.2) is 4.98 Å². The number of amides is 1. The molecule has 33 heavy (non-hydrogen) atoms. The first-order valence-corrected chi connectivity index (χ1v) is 10.5. The first-order valence-electron chi connectivity index (χ1n) is 10.1. The third kappa shape index (κ3) is 4.97. The Labute approximate surface area is 195 Å². The number of pyridine rings is 1. The molecule has 2 N–H and O–H groups in total. The van der Waals surface area contributed by atoms with Crippen LogP contribution in [0.4, 0.5) is 5.69 Å². The van der Waals surface area contributed by atoms with Crippen LogP contribution in [0.15, 0.2) is 60.8 Å². The maximum absolute atomic E-state index is 12.8. The smallest absolute Gasteiger partial charge is 0.244 e. The van der Waals surface area contributed by atoms with Crippen LogP contribution in [0.25, 0.3) is 11.4 Å². The van der Waals surface area contributed by atoms with Gasteiger partial charge >= 0.3 is 0 Å². The number of benzene rings is 2. The second-order valence-corrected chi connectivity index (χ2v) is 7.79. The van der Waals surface area contributed by atoms with Gasteiger partial charge in [0.1, 0.15) is 23.9 Å². The number of hydrogen-bond donors (Lipinski definition) is 2. The molecule has 0 fully saturated rings. The van der Waals surface area contributed by atoms with Gasteiger partial charge in [0, 0.05) is 17.4 Å². The fraction of sp³-hybridized carbons (Fsp3) is 0.125. The molecule has 4 rings (SSSR count). The number of nitrogens with one attached hydrogen (secondary N) is 2. The average Bonchev–Trinajstić information content (AvgIpc) is 3.16. The van der Waals surface area contributed by atoms with Crippen LogP contribution >= 0.6 is 12.2 Å². The number of H-pyrrole nitrogens is 1. The normalized spacial score (nSPS) is 10.5. The molecule has 0 spiro atoms. The molecular formula is C24H20N6O2S. The molecule has 4 aromatic rings. The molecule has 0 atom stereocenters. The van der Waals surface area contributed by atoms with E-state index in [2.05, 4.69) is 20.5 Å². The number of hydrogen-bond acceptors (Lipinski definition) is 6. The zero-order valence-electron chi connectivity index (χ0n) is 18.0. The Bertz CT molecular complexity index is 1420. The molecule has 8 nitrogen and oxygen atoms in total. The lowest BCUT2D eigenvalue weighted by molar-refractivity contribution is -0.116. The summed E-state index contributed by atoms with van der Waals surface area (Å²) in [6.45, 7) is 3.87. The zero-order valence-corrected chi connectivity index (χ0v) is 18.8. The topological polar surface area (TPSA) is 109 Å². The van der Waals surface area contributed by atoms with E-state index in [-0.39, 0.29) is 18.3 Å². The number of carbonyl (C=O) groups is 1. The summed E-state index contributed by atoms with van der Waals surface area (Å²) in [4.78, 5) is 16.9. The van der Waals surface area contributed by atoms with Crippen LogP contribution < -0.4 is 10.1 Å². The van der Waals surface area contributed by atoms with E-state index in [1.54, 1.807) is 41.1 Å². The van der Waals surface area contributed by atoms with E-state index < -0.39 is 0 Å². The van der Waals surface area contributed by atoms with Crippen molar-refractivity contribution in [2.45, 2.75) is 20.4 Å². The zero-order chi connectivity index (χ0) is 23.4. The molecule has 0 aliphatic rings. The maximum atomic E-state index is 12.8. The van der Waals surface area contributed by atoms with E-state index in [0.717, 1.165) is 16.7 Å². The highest BCUT2D eigenvalue weighted by Crippen LogP contribution is 2.27. The molecule has 1 amide bonds. The molecule has 0 radical (unpaired) electrons. The van der Waals surface area contributed by atoms with Gasteiger partial charge < -0.3 is 10.1 Å². The first kappa shape index (κ1) is 21.9. The molecular weight excluding hydrogens is 436 g/mol. The lowest BCUT2D eigenvalue weighted by Gasteiger charge is -2.12. The van der Waals surface area contributed by atoms with Gasteiger partial charge in [-0.15, -0.1) is 0 Å². The van der Waals surface area contributed by atoms with E-state index in [1.165, 1.54) is 0 Å². The van der Waals surface area contributed by atoms with Crippen molar-refractivity contribution in [1.29, 1.82) is 5.26 Å². The summed E-state index contributed by atoms with van der Waals surface area (Å²) in [6, 6.07) is 18.4. The Morgan fingerprint density at radius 2 is 2.00 bits per heavy atom. The highest BCUT2D eigenvalue weighted by molar-refractivity contribution is 7.71. The van der Waals surface area contributed by atoms with Crippen molar-refractivity contribution >= 4 is 23.8 Å². The number of nitriles is 1. The summed E-state index contributed by atoms with van der Waals surface area (Å²) in [7, 11) is 0. The molecule has 164 valence electrons. The Balaban J connectivity index is 1.49. The van der Waals surface area contributed by atoms with Crippen molar-refractivity contribution < 1.29 is 9.53 Å². The van der Waals surface area contributed by atoms with Crippen LogP contribution in [0.2, 0.25) is 0 Å². The fourth-order valence-corrected chi connectivity index (χ4v) is 3.43. The summed E-state index contributed by atoms with van der Waals surface area (Å²) in [5.74, 6) is 1.10. The Morgan fingerprint density at radius 1 is 1.21 bits per heavy atom. The molecule has 2 aromatic heterocycles. The SMILES string of the molecule is Cc1ccc(-c2n[nH]c(=S)n2CC(=O)Nc2ccc(Oc3ncccc3C#N)cc2C)cc1. The largest absolute Gasteiger partial charge is 0.438 e. The van der Waals surface area contributed by atoms with E-state index in [0.29, 0.717) is 27.6 Å². The molecule has 0 unspecified atom stereocenters. The van der Waals surface area contributed by atoms with Crippen molar-refractivity contribution in [2.24, 2.45) is 0 Å². The number of aromatic nitrogens is 4. The number of rotatable bonds is 6. The lowest BCUT2D eigenvalue weighted by Crippen LogP contribution is -2.20. The molecule has 0 aliphatic heterocycles. The predicted molar refractivity (Wildman–Crippen MR) is 126 cm³/mol. The Hall–Kier alpha value is -4.29. The summed E-state index contributed by atoms with van der Waals surface area (Å²) in [5.41, 5.74) is 3.77. The third-order valence-corrected chi connectivity index (χ3v) is 5.26. The average molecular weight is 457 g/mol. The van der Waals surface area contributed by atoms with Gasteiger partial charge in [-0.05, 0) is 62.0 Å². The fourth-order valence-electron chi connectivity index (χ4n) is 3.23. The van der Waals surface area contributed by atoms with E-state index in [9.17, 15) is 10.1 Å². The van der Waals surface area contributed by atoms with E-state index in [1.807, 2.05) is 44.2 Å². The minimum absolute atomic E-state index is 0.00962. The van der Waals surface area contributed by atoms with Gasteiger partial charge in [0.25, 0.3) is 0 Å². The summed E-state index contributed by atoms with van der Waals surface area (Å²) < 4.78 is 7.76. The molecule has 0 aliphatic carbocycles. The van der Waals surface area contributed by atoms with Gasteiger partial charge in [-0.2, -0.15) is 10.4 Å². The number of nitrogens with zero attached hydrogens (tertiary/aromatic N) is 4. The number of aromatic amines is 1. The second-order valence-electron chi connectivity index (χ2n) is 7.40. The van der Waals surface area contributed by atoms with Crippen LogP contribution in [0.3, 0.4) is 0 Å². The van der Waals surface area contributed by atoms with Gasteiger partial charge in [-0.3, -0.25) is 14.5 Å². The monoisotopic (exact) mass is 456 g/mol. The van der Waals surface area contributed by atoms with Crippen molar-refractivity contribution in [3.8, 4) is 29.1 Å². The molecule has 0 saturated heterocycles. The molecule has 9 heteroatoms. The summed E-state index contributed by atoms with van der Waals surface area (Å²) in [6.07, 6.45) is 1.56. The van der Waals surface area contributed by atoms with Crippen LogP contribution in [0, 0.1) is 29.9 Å². The highest BCUT2D eigenvalue weighted by atomic mass is 32.1. The molecule has 2 aromatic carbocycles. The molecule has 0 bridgehead atoms. The van der Waals surface area contributed by atoms with Crippen LogP contribution in [0.5, 0.6) is 11.6 Å². The Morgan fingerprint density at radius 3 is 2.73 bits per heavy atom. The highest BCUT2D eigenvalue weighted by Gasteiger charge is 2.14. The van der Waals surface area contributed by atoms with E-state index in [4.69, 9.17) is 17.0 Å². The third-order valence-electron chi connectivity index (χ3n) is 4.95. The first-order chi connectivity index (χ1) is 15.9. The number of aryl methyl sites for hydroxylation is 2. The van der Waals surface area contributed by atoms with Crippen molar-refractivity contribution in [2.75, 3.05) is 5.32 Å². The van der Waals surface area contributed by atoms with Gasteiger partial charge in [0.2, 0.25) is 11.8 Å². The minimum Gasteiger partial charge on any atom is -0.438 e. The standard InChI is InChI=1S/C24H20N6O2S/c1-15-5-7-17(8-6-15)22-28-29-24(33)30(22)14-21(31)27-20-10-9-19(12-16(20)2)32-23-18(13-25)4-3-11-26-23/h3-12H,14H2,1-2H3,(H,27,31)(H,29,33). The molecule has 0 saturated carbocycles. The van der Waals surface area contributed by atoms with Crippen LogP contribution in [0.1, 0.15) is 16.7 Å². The number of ether oxygens (including phenoxy) is 1. The predicted octanol–water partition coefficient (Wildman–Crippen LogP) is 4.92. The van der Waals surface area contributed by atoms with Crippen LogP contribution in [-0.4, -0.2) is 25.7 Å². The van der Waals surface area contributed by atoms with Crippen molar-refractivity contribution in [1.82, 2.24) is 19.7 Å². The minimum atomic E-state index is -0.242. The number of anilines is 1. The summed E-state index contributed by atoms with van der Waals surface area (Å²) in [5, 5.41) is 19.1. The van der Waals surface area contributed by atoms with Gasteiger partial charge in [0.15, 0.2) is 10.6 Å². The quantitative estimate of drug-likeness (QED) is 0.399. The Kier molecular flexibility index (Phi) is 6.29. The molecule has 2 heterocycles. The van der Waals surface area contributed by atoms with Crippen molar-refractivity contribution in [3.05, 3.63) is 82.3 Å². The van der Waals surface area contributed by atoms with Gasteiger partial charge in [-0.1, -0.05) is 29.8 Å².